The number of amides is 1. The van der Waals surface area contributed by atoms with Crippen molar-refractivity contribution in [2.45, 2.75) is 6.54 Å². The molecule has 0 aliphatic rings. The van der Waals surface area contributed by atoms with Gasteiger partial charge in [0.2, 0.25) is 0 Å². The first-order chi connectivity index (χ1) is 9.72. The lowest BCUT2D eigenvalue weighted by Gasteiger charge is -2.03. The van der Waals surface area contributed by atoms with E-state index < -0.39 is 0 Å². The maximum absolute atomic E-state index is 12.0. The number of ether oxygens (including phenoxy) is 1. The van der Waals surface area contributed by atoms with Gasteiger partial charge in [0.05, 0.1) is 36.9 Å². The summed E-state index contributed by atoms with van der Waals surface area (Å²) < 4.78 is 6.64. The van der Waals surface area contributed by atoms with Crippen molar-refractivity contribution in [3.63, 3.8) is 0 Å². The van der Waals surface area contributed by atoms with Crippen LogP contribution in [0.15, 0.2) is 30.7 Å². The molecular formula is C12H16N6O2. The van der Waals surface area contributed by atoms with Crippen molar-refractivity contribution in [2.24, 2.45) is 5.84 Å². The number of carbonyl (C=O) groups excluding carboxylic acids is 1. The van der Waals surface area contributed by atoms with Gasteiger partial charge < -0.3 is 15.5 Å². The van der Waals surface area contributed by atoms with E-state index in [1.807, 2.05) is 0 Å². The van der Waals surface area contributed by atoms with Crippen molar-refractivity contribution in [3.8, 4) is 0 Å². The number of methoxy groups -OCH3 is 1. The van der Waals surface area contributed by atoms with E-state index in [1.54, 1.807) is 36.3 Å². The number of rotatable bonds is 6. The van der Waals surface area contributed by atoms with Gasteiger partial charge >= 0.3 is 0 Å². The zero-order valence-electron chi connectivity index (χ0n) is 11.0. The van der Waals surface area contributed by atoms with Gasteiger partial charge in [-0.05, 0) is 12.1 Å². The first-order valence-electron chi connectivity index (χ1n) is 5.98. The molecule has 0 aliphatic carbocycles. The molecule has 8 heteroatoms. The Morgan fingerprint density at radius 1 is 1.40 bits per heavy atom. The Morgan fingerprint density at radius 3 is 2.90 bits per heavy atom. The summed E-state index contributed by atoms with van der Waals surface area (Å²) in [5, 5.41) is 6.82. The summed E-state index contributed by atoms with van der Waals surface area (Å²) >= 11 is 0. The normalized spacial score (nSPS) is 10.3. The first-order valence-corrected chi connectivity index (χ1v) is 5.98. The number of nitrogens with one attached hydrogen (secondary N) is 2. The van der Waals surface area contributed by atoms with E-state index in [2.05, 4.69) is 20.8 Å². The molecule has 2 aromatic heterocycles. The van der Waals surface area contributed by atoms with Crippen LogP contribution in [0.2, 0.25) is 0 Å². The number of pyridine rings is 1. The van der Waals surface area contributed by atoms with Gasteiger partial charge in [-0.15, -0.1) is 0 Å². The van der Waals surface area contributed by atoms with Crippen LogP contribution in [0.1, 0.15) is 10.5 Å². The van der Waals surface area contributed by atoms with Crippen molar-refractivity contribution in [1.82, 2.24) is 14.8 Å². The highest BCUT2D eigenvalue weighted by atomic mass is 16.5. The Balaban J connectivity index is 1.97. The molecule has 1 amide bonds. The van der Waals surface area contributed by atoms with Crippen LogP contribution in [0.3, 0.4) is 0 Å². The SMILES string of the molecule is COCCn1cc(NC(=O)c2ccc(NN)cn2)cn1. The predicted octanol–water partition coefficient (Wildman–Crippen LogP) is 0.462. The summed E-state index contributed by atoms with van der Waals surface area (Å²) in [4.78, 5) is 16.0. The fourth-order valence-corrected chi connectivity index (χ4v) is 1.54. The summed E-state index contributed by atoms with van der Waals surface area (Å²) in [7, 11) is 1.62. The summed E-state index contributed by atoms with van der Waals surface area (Å²) in [6, 6.07) is 3.25. The molecule has 2 heterocycles. The molecule has 106 valence electrons. The van der Waals surface area contributed by atoms with Gasteiger partial charge in [0, 0.05) is 13.3 Å². The Bertz CT molecular complexity index is 566. The highest BCUT2D eigenvalue weighted by molar-refractivity contribution is 6.02. The number of anilines is 2. The van der Waals surface area contributed by atoms with Gasteiger partial charge in [-0.2, -0.15) is 5.10 Å². The van der Waals surface area contributed by atoms with Gasteiger partial charge in [-0.3, -0.25) is 15.3 Å². The van der Waals surface area contributed by atoms with Gasteiger partial charge in [0.15, 0.2) is 0 Å². The molecular weight excluding hydrogens is 260 g/mol. The second-order valence-electron chi connectivity index (χ2n) is 4.02. The lowest BCUT2D eigenvalue weighted by Crippen LogP contribution is -2.14. The molecule has 0 saturated heterocycles. The third kappa shape index (κ3) is 3.53. The van der Waals surface area contributed by atoms with Crippen LogP contribution in [0.5, 0.6) is 0 Å². The molecule has 0 spiro atoms. The number of carbonyl (C=O) groups is 1. The Labute approximate surface area is 115 Å². The summed E-state index contributed by atoms with van der Waals surface area (Å²) in [5.74, 6) is 4.92. The standard InChI is InChI=1S/C12H16N6O2/c1-20-5-4-18-8-10(7-15-18)16-12(19)11-3-2-9(17-13)6-14-11/h2-3,6-8,17H,4-5,13H2,1H3,(H,16,19). The average Bonchev–Trinajstić information content (AvgIpc) is 2.92. The number of hydrogen-bond donors (Lipinski definition) is 3. The second-order valence-corrected chi connectivity index (χ2v) is 4.02. The van der Waals surface area contributed by atoms with Crippen molar-refractivity contribution < 1.29 is 9.53 Å². The van der Waals surface area contributed by atoms with Crippen molar-refractivity contribution in [2.75, 3.05) is 24.5 Å². The van der Waals surface area contributed by atoms with E-state index in [-0.39, 0.29) is 5.91 Å². The molecule has 0 fully saturated rings. The minimum atomic E-state index is -0.306. The van der Waals surface area contributed by atoms with E-state index in [1.165, 1.54) is 6.20 Å². The average molecular weight is 276 g/mol. The first kappa shape index (κ1) is 14.0. The van der Waals surface area contributed by atoms with Crippen LogP contribution >= 0.6 is 0 Å². The molecule has 2 aromatic rings. The van der Waals surface area contributed by atoms with Crippen LogP contribution in [-0.2, 0) is 11.3 Å². The number of nitrogen functional groups attached to an aromatic ring is 1. The molecule has 0 atom stereocenters. The topological polar surface area (TPSA) is 107 Å². The fraction of sp³-hybridized carbons (Fsp3) is 0.250. The van der Waals surface area contributed by atoms with Crippen molar-refractivity contribution >= 4 is 17.3 Å². The Kier molecular flexibility index (Phi) is 4.64. The molecule has 0 radical (unpaired) electrons. The zero-order chi connectivity index (χ0) is 14.4. The molecule has 0 unspecified atom stereocenters. The highest BCUT2D eigenvalue weighted by Crippen LogP contribution is 2.09. The third-order valence-electron chi connectivity index (χ3n) is 2.58. The number of hydrogen-bond acceptors (Lipinski definition) is 6. The second kappa shape index (κ2) is 6.64. The van der Waals surface area contributed by atoms with Crippen LogP contribution in [0, 0.1) is 0 Å². The smallest absolute Gasteiger partial charge is 0.274 e. The molecule has 2 rings (SSSR count). The van der Waals surface area contributed by atoms with E-state index in [0.29, 0.717) is 30.2 Å². The van der Waals surface area contributed by atoms with Crippen LogP contribution in [0.4, 0.5) is 11.4 Å². The van der Waals surface area contributed by atoms with Crippen LogP contribution < -0.4 is 16.6 Å². The number of nitrogens with zero attached hydrogens (tertiary/aromatic N) is 3. The predicted molar refractivity (Wildman–Crippen MR) is 74.1 cm³/mol. The lowest BCUT2D eigenvalue weighted by molar-refractivity contribution is 0.102. The van der Waals surface area contributed by atoms with E-state index in [9.17, 15) is 4.79 Å². The van der Waals surface area contributed by atoms with Gasteiger partial charge in [-0.25, -0.2) is 4.98 Å². The highest BCUT2D eigenvalue weighted by Gasteiger charge is 2.08. The lowest BCUT2D eigenvalue weighted by atomic mass is 10.3. The quantitative estimate of drug-likeness (QED) is 0.522. The monoisotopic (exact) mass is 276 g/mol. The molecule has 0 aromatic carbocycles. The summed E-state index contributed by atoms with van der Waals surface area (Å²) in [5.41, 5.74) is 3.98. The Hall–Kier alpha value is -2.45. The van der Waals surface area contributed by atoms with E-state index in [4.69, 9.17) is 10.6 Å². The van der Waals surface area contributed by atoms with Crippen molar-refractivity contribution in [1.29, 1.82) is 0 Å². The number of aromatic nitrogens is 3. The van der Waals surface area contributed by atoms with Crippen LogP contribution in [0.25, 0.3) is 0 Å². The molecule has 20 heavy (non-hydrogen) atoms. The maximum Gasteiger partial charge on any atom is 0.274 e. The molecule has 0 saturated carbocycles. The Morgan fingerprint density at radius 2 is 2.25 bits per heavy atom. The minimum Gasteiger partial charge on any atom is -0.383 e. The molecule has 8 nitrogen and oxygen atoms in total. The van der Waals surface area contributed by atoms with E-state index in [0.717, 1.165) is 0 Å². The van der Waals surface area contributed by atoms with Gasteiger partial charge in [0.25, 0.3) is 5.91 Å². The molecule has 0 aliphatic heterocycles. The summed E-state index contributed by atoms with van der Waals surface area (Å²) in [6.07, 6.45) is 4.78. The van der Waals surface area contributed by atoms with Crippen molar-refractivity contribution in [3.05, 3.63) is 36.4 Å². The summed E-state index contributed by atoms with van der Waals surface area (Å²) in [6.45, 7) is 1.19. The largest absolute Gasteiger partial charge is 0.383 e. The number of hydrazine groups is 1. The number of nitrogens with two attached hydrogens (primary N) is 1. The maximum atomic E-state index is 12.0. The minimum absolute atomic E-state index is 0.300. The zero-order valence-corrected chi connectivity index (χ0v) is 11.0. The van der Waals surface area contributed by atoms with Gasteiger partial charge in [0.1, 0.15) is 5.69 Å². The molecule has 0 bridgehead atoms. The van der Waals surface area contributed by atoms with Crippen LogP contribution in [-0.4, -0.2) is 34.4 Å². The fourth-order valence-electron chi connectivity index (χ4n) is 1.54. The van der Waals surface area contributed by atoms with E-state index >= 15 is 0 Å². The third-order valence-corrected chi connectivity index (χ3v) is 2.58. The molecule has 4 N–H and O–H groups in total. The van der Waals surface area contributed by atoms with Gasteiger partial charge in [-0.1, -0.05) is 0 Å².